The molecular weight excluding hydrogens is 416 g/mol. The van der Waals surface area contributed by atoms with Crippen molar-refractivity contribution in [3.8, 4) is 0 Å². The number of hydrogen-bond acceptors (Lipinski definition) is 7. The van der Waals surface area contributed by atoms with E-state index in [1.54, 1.807) is 19.5 Å². The van der Waals surface area contributed by atoms with Gasteiger partial charge in [-0.05, 0) is 68.6 Å². The first kappa shape index (κ1) is 23.3. The molecule has 2 aromatic heterocycles. The molecule has 0 spiro atoms. The second-order valence-electron chi connectivity index (χ2n) is 8.92. The predicted molar refractivity (Wildman–Crippen MR) is 129 cm³/mol. The third kappa shape index (κ3) is 6.15. The Morgan fingerprint density at radius 1 is 1.06 bits per heavy atom. The van der Waals surface area contributed by atoms with E-state index >= 15 is 0 Å². The number of hydrogen-bond donors (Lipinski definition) is 1. The van der Waals surface area contributed by atoms with Crippen LogP contribution in [0.15, 0.2) is 47.7 Å². The summed E-state index contributed by atoms with van der Waals surface area (Å²) in [6.45, 7) is 4.61. The van der Waals surface area contributed by atoms with Crippen molar-refractivity contribution in [2.24, 2.45) is 16.8 Å². The topological polar surface area (TPSA) is 96.9 Å². The second kappa shape index (κ2) is 11.3. The van der Waals surface area contributed by atoms with Gasteiger partial charge in [0.15, 0.2) is 0 Å². The molecule has 8 heteroatoms. The third-order valence-corrected chi connectivity index (χ3v) is 6.67. The van der Waals surface area contributed by atoms with Crippen LogP contribution in [0.1, 0.15) is 36.9 Å². The number of piperidine rings is 2. The van der Waals surface area contributed by atoms with Crippen molar-refractivity contribution in [2.75, 3.05) is 45.8 Å². The van der Waals surface area contributed by atoms with Crippen LogP contribution in [0.2, 0.25) is 0 Å². The second-order valence-corrected chi connectivity index (χ2v) is 8.92. The summed E-state index contributed by atoms with van der Waals surface area (Å²) in [7, 11) is 1.65. The molecule has 2 saturated heterocycles. The van der Waals surface area contributed by atoms with Gasteiger partial charge in [0.05, 0.1) is 11.4 Å². The maximum Gasteiger partial charge on any atom is 0.225 e. The van der Waals surface area contributed by atoms with Gasteiger partial charge in [-0.25, -0.2) is 4.98 Å². The molecule has 4 heterocycles. The van der Waals surface area contributed by atoms with Crippen molar-refractivity contribution >= 4 is 17.4 Å². The largest absolute Gasteiger partial charge is 0.384 e. The highest BCUT2D eigenvalue weighted by Crippen LogP contribution is 2.26. The lowest BCUT2D eigenvalue weighted by Crippen LogP contribution is -2.46. The van der Waals surface area contributed by atoms with Crippen LogP contribution in [0.5, 0.6) is 0 Å². The number of methoxy groups -OCH3 is 1. The van der Waals surface area contributed by atoms with Gasteiger partial charge < -0.3 is 15.4 Å². The SMILES string of the molecule is COCN=C(c1ccccn1)C1CCN(C(=O)C2CCN(Cc3ccnc(N)c3)CC2)CC1. The molecule has 0 bridgehead atoms. The summed E-state index contributed by atoms with van der Waals surface area (Å²) in [5.74, 6) is 1.29. The Labute approximate surface area is 195 Å². The number of nitrogens with two attached hydrogens (primary N) is 1. The average molecular weight is 451 g/mol. The van der Waals surface area contributed by atoms with Crippen LogP contribution in [0.25, 0.3) is 0 Å². The van der Waals surface area contributed by atoms with Gasteiger partial charge in [0, 0.05) is 51.0 Å². The number of carbonyl (C=O) groups is 1. The summed E-state index contributed by atoms with van der Waals surface area (Å²) in [6.07, 6.45) is 7.19. The van der Waals surface area contributed by atoms with Gasteiger partial charge in [-0.15, -0.1) is 0 Å². The van der Waals surface area contributed by atoms with Crippen molar-refractivity contribution in [1.29, 1.82) is 0 Å². The number of likely N-dealkylation sites (tertiary alicyclic amines) is 2. The number of aliphatic imine (C=N–C) groups is 1. The summed E-state index contributed by atoms with van der Waals surface area (Å²) in [5.41, 5.74) is 8.87. The molecular formula is C25H34N6O2. The van der Waals surface area contributed by atoms with Crippen LogP contribution < -0.4 is 5.73 Å². The van der Waals surface area contributed by atoms with Crippen LogP contribution in [-0.2, 0) is 16.1 Å². The summed E-state index contributed by atoms with van der Waals surface area (Å²) < 4.78 is 5.18. The minimum atomic E-state index is 0.123. The number of carbonyl (C=O) groups excluding carboxylic acids is 1. The summed E-state index contributed by atoms with van der Waals surface area (Å²) in [5, 5.41) is 0. The van der Waals surface area contributed by atoms with E-state index in [4.69, 9.17) is 10.5 Å². The first-order valence-electron chi connectivity index (χ1n) is 11.8. The molecule has 33 heavy (non-hydrogen) atoms. The highest BCUT2D eigenvalue weighted by Gasteiger charge is 2.32. The molecule has 2 fully saturated rings. The molecule has 2 N–H and O–H groups in total. The zero-order valence-electron chi connectivity index (χ0n) is 19.4. The molecule has 2 aliphatic heterocycles. The van der Waals surface area contributed by atoms with Gasteiger partial charge in [0.1, 0.15) is 12.5 Å². The number of aromatic nitrogens is 2. The third-order valence-electron chi connectivity index (χ3n) is 6.67. The Kier molecular flexibility index (Phi) is 8.01. The lowest BCUT2D eigenvalue weighted by molar-refractivity contribution is -0.138. The molecule has 2 aliphatic rings. The number of ether oxygens (including phenoxy) is 1. The lowest BCUT2D eigenvalue weighted by Gasteiger charge is -2.37. The van der Waals surface area contributed by atoms with E-state index in [-0.39, 0.29) is 5.92 Å². The zero-order valence-corrected chi connectivity index (χ0v) is 19.4. The normalized spacial score (nSPS) is 19.1. The zero-order chi connectivity index (χ0) is 23.0. The summed E-state index contributed by atoms with van der Waals surface area (Å²) in [6, 6.07) is 9.83. The van der Waals surface area contributed by atoms with E-state index < -0.39 is 0 Å². The van der Waals surface area contributed by atoms with E-state index in [1.165, 1.54) is 5.56 Å². The van der Waals surface area contributed by atoms with Gasteiger partial charge in [0.2, 0.25) is 5.91 Å². The van der Waals surface area contributed by atoms with Gasteiger partial charge >= 0.3 is 0 Å². The number of nitrogen functional groups attached to an aromatic ring is 1. The summed E-state index contributed by atoms with van der Waals surface area (Å²) in [4.78, 5) is 30.9. The Balaban J connectivity index is 1.28. The standard InChI is InChI=1S/C25H34N6O2/c1-33-18-29-24(22-4-2-3-10-27-22)20-8-14-31(15-9-20)25(32)21-6-12-30(13-7-21)17-19-5-11-28-23(26)16-19/h2-5,10-11,16,20-21H,6-9,12-15,17-18H2,1H3,(H2,26,28). The van der Waals surface area contributed by atoms with Crippen molar-refractivity contribution in [2.45, 2.75) is 32.2 Å². The molecule has 0 aliphatic carbocycles. The maximum absolute atomic E-state index is 13.2. The molecule has 0 aromatic carbocycles. The van der Waals surface area contributed by atoms with Crippen LogP contribution in [0.3, 0.4) is 0 Å². The average Bonchev–Trinajstić information content (AvgIpc) is 2.85. The maximum atomic E-state index is 13.2. The fraction of sp³-hybridized carbons (Fsp3) is 0.520. The molecule has 0 radical (unpaired) electrons. The van der Waals surface area contributed by atoms with E-state index in [9.17, 15) is 4.79 Å². The van der Waals surface area contributed by atoms with Crippen LogP contribution in [-0.4, -0.2) is 71.4 Å². The molecule has 0 unspecified atom stereocenters. The molecule has 1 amide bonds. The Morgan fingerprint density at radius 2 is 1.82 bits per heavy atom. The summed E-state index contributed by atoms with van der Waals surface area (Å²) >= 11 is 0. The van der Waals surface area contributed by atoms with E-state index in [2.05, 4.69) is 24.8 Å². The Hall–Kier alpha value is -2.84. The molecule has 176 valence electrons. The van der Waals surface area contributed by atoms with Crippen molar-refractivity contribution in [1.82, 2.24) is 19.8 Å². The molecule has 0 atom stereocenters. The molecule has 4 rings (SSSR count). The number of nitrogens with zero attached hydrogens (tertiary/aromatic N) is 5. The number of pyridine rings is 2. The number of rotatable bonds is 7. The lowest BCUT2D eigenvalue weighted by atomic mass is 9.88. The Morgan fingerprint density at radius 3 is 2.48 bits per heavy atom. The van der Waals surface area contributed by atoms with Crippen molar-refractivity contribution in [3.63, 3.8) is 0 Å². The molecule has 2 aromatic rings. The predicted octanol–water partition coefficient (Wildman–Crippen LogP) is 2.60. The van der Waals surface area contributed by atoms with Crippen LogP contribution in [0.4, 0.5) is 5.82 Å². The van der Waals surface area contributed by atoms with Crippen LogP contribution >= 0.6 is 0 Å². The minimum absolute atomic E-state index is 0.123. The van der Waals surface area contributed by atoms with Gasteiger partial charge in [-0.3, -0.25) is 19.7 Å². The smallest absolute Gasteiger partial charge is 0.225 e. The highest BCUT2D eigenvalue weighted by atomic mass is 16.5. The first-order valence-corrected chi connectivity index (χ1v) is 11.8. The van der Waals surface area contributed by atoms with E-state index in [1.807, 2.05) is 30.3 Å². The minimum Gasteiger partial charge on any atom is -0.384 e. The monoisotopic (exact) mass is 450 g/mol. The van der Waals surface area contributed by atoms with Crippen LogP contribution in [0, 0.1) is 11.8 Å². The molecule has 0 saturated carbocycles. The van der Waals surface area contributed by atoms with Crippen molar-refractivity contribution in [3.05, 3.63) is 54.0 Å². The quantitative estimate of drug-likeness (QED) is 0.652. The molecule has 8 nitrogen and oxygen atoms in total. The fourth-order valence-corrected chi connectivity index (χ4v) is 4.89. The highest BCUT2D eigenvalue weighted by molar-refractivity contribution is 6.00. The van der Waals surface area contributed by atoms with Crippen molar-refractivity contribution < 1.29 is 9.53 Å². The fourth-order valence-electron chi connectivity index (χ4n) is 4.89. The Bertz CT molecular complexity index is 935. The van der Waals surface area contributed by atoms with E-state index in [0.29, 0.717) is 24.4 Å². The number of amides is 1. The first-order chi connectivity index (χ1) is 16.1. The van der Waals surface area contributed by atoms with Gasteiger partial charge in [0.25, 0.3) is 0 Å². The van der Waals surface area contributed by atoms with Gasteiger partial charge in [-0.1, -0.05) is 6.07 Å². The van der Waals surface area contributed by atoms with Gasteiger partial charge in [-0.2, -0.15) is 0 Å². The van der Waals surface area contributed by atoms with E-state index in [0.717, 1.165) is 69.8 Å². The number of anilines is 1.